The maximum Gasteiger partial charge on any atom is 0.123 e. The number of nitrogens with zero attached hydrogens (tertiary/aromatic N) is 1. The van der Waals surface area contributed by atoms with E-state index in [9.17, 15) is 4.39 Å². The second-order valence-electron chi connectivity index (χ2n) is 4.47. The first kappa shape index (κ1) is 13.1. The van der Waals surface area contributed by atoms with Crippen molar-refractivity contribution < 1.29 is 4.39 Å². The van der Waals surface area contributed by atoms with Crippen molar-refractivity contribution in [2.45, 2.75) is 13.3 Å². The molecule has 19 heavy (non-hydrogen) atoms. The predicted octanol–water partition coefficient (Wildman–Crippen LogP) is 3.66. The maximum absolute atomic E-state index is 13.0. The number of benzene rings is 2. The van der Waals surface area contributed by atoms with E-state index >= 15 is 0 Å². The Morgan fingerprint density at radius 2 is 2.05 bits per heavy atom. The molecule has 0 heterocycles. The largest absolute Gasteiger partial charge is 0.384 e. The van der Waals surface area contributed by atoms with Gasteiger partial charge >= 0.3 is 0 Å². The van der Waals surface area contributed by atoms with E-state index in [1.807, 2.05) is 31.2 Å². The van der Waals surface area contributed by atoms with Crippen LogP contribution in [0, 0.1) is 24.1 Å². The van der Waals surface area contributed by atoms with Crippen molar-refractivity contribution in [1.82, 2.24) is 0 Å². The zero-order valence-corrected chi connectivity index (χ0v) is 10.8. The van der Waals surface area contributed by atoms with Gasteiger partial charge in [0.25, 0.3) is 0 Å². The fourth-order valence-electron chi connectivity index (χ4n) is 1.94. The lowest BCUT2D eigenvalue weighted by atomic mass is 10.1. The Hall–Kier alpha value is -2.34. The van der Waals surface area contributed by atoms with Crippen molar-refractivity contribution in [3.63, 3.8) is 0 Å². The summed E-state index contributed by atoms with van der Waals surface area (Å²) >= 11 is 0. The van der Waals surface area contributed by atoms with Crippen LogP contribution >= 0.6 is 0 Å². The zero-order valence-electron chi connectivity index (χ0n) is 10.8. The minimum Gasteiger partial charge on any atom is -0.384 e. The minimum absolute atomic E-state index is 0.217. The topological polar surface area (TPSA) is 35.8 Å². The highest BCUT2D eigenvalue weighted by Crippen LogP contribution is 2.16. The molecule has 0 spiro atoms. The van der Waals surface area contributed by atoms with Crippen molar-refractivity contribution in [1.29, 1.82) is 5.26 Å². The molecule has 0 fully saturated rings. The fourth-order valence-corrected chi connectivity index (χ4v) is 1.94. The average Bonchev–Trinajstić information content (AvgIpc) is 2.40. The molecule has 0 aliphatic heterocycles. The number of anilines is 1. The maximum atomic E-state index is 13.0. The first-order valence-corrected chi connectivity index (χ1v) is 6.18. The third-order valence-electron chi connectivity index (χ3n) is 2.91. The molecule has 0 aliphatic carbocycles. The molecule has 2 rings (SSSR count). The van der Waals surface area contributed by atoms with E-state index in [1.165, 1.54) is 12.1 Å². The van der Waals surface area contributed by atoms with Crippen LogP contribution < -0.4 is 5.32 Å². The van der Waals surface area contributed by atoms with Gasteiger partial charge in [-0.25, -0.2) is 4.39 Å². The van der Waals surface area contributed by atoms with Crippen LogP contribution in [0.3, 0.4) is 0 Å². The van der Waals surface area contributed by atoms with Gasteiger partial charge in [-0.05, 0) is 48.7 Å². The number of nitriles is 1. The third-order valence-corrected chi connectivity index (χ3v) is 2.91. The summed E-state index contributed by atoms with van der Waals surface area (Å²) in [6.45, 7) is 2.62. The lowest BCUT2D eigenvalue weighted by Gasteiger charge is -2.09. The van der Waals surface area contributed by atoms with Crippen molar-refractivity contribution >= 4 is 5.69 Å². The van der Waals surface area contributed by atoms with E-state index in [2.05, 4.69) is 11.4 Å². The van der Waals surface area contributed by atoms with E-state index in [0.29, 0.717) is 12.1 Å². The Morgan fingerprint density at radius 3 is 2.79 bits per heavy atom. The Balaban J connectivity index is 1.98. The molecule has 3 heteroatoms. The highest BCUT2D eigenvalue weighted by atomic mass is 19.1. The lowest BCUT2D eigenvalue weighted by Crippen LogP contribution is -2.06. The summed E-state index contributed by atoms with van der Waals surface area (Å²) in [6, 6.07) is 14.5. The monoisotopic (exact) mass is 254 g/mol. The summed E-state index contributed by atoms with van der Waals surface area (Å²) in [5.41, 5.74) is 3.47. The van der Waals surface area contributed by atoms with Gasteiger partial charge in [0.15, 0.2) is 0 Å². The number of aryl methyl sites for hydroxylation is 1. The zero-order chi connectivity index (χ0) is 13.7. The van der Waals surface area contributed by atoms with Crippen LogP contribution in [0.25, 0.3) is 0 Å². The average molecular weight is 254 g/mol. The van der Waals surface area contributed by atoms with Crippen LogP contribution in [0.5, 0.6) is 0 Å². The molecule has 2 aromatic carbocycles. The molecule has 0 radical (unpaired) electrons. The molecule has 2 aromatic rings. The molecule has 0 saturated heterocycles. The highest BCUT2D eigenvalue weighted by molar-refractivity contribution is 5.58. The van der Waals surface area contributed by atoms with Crippen LogP contribution in [0.1, 0.15) is 16.7 Å². The van der Waals surface area contributed by atoms with E-state index < -0.39 is 0 Å². The van der Waals surface area contributed by atoms with Crippen molar-refractivity contribution in [2.75, 3.05) is 11.9 Å². The summed E-state index contributed by atoms with van der Waals surface area (Å²) in [5.74, 6) is -0.217. The van der Waals surface area contributed by atoms with Crippen LogP contribution in [0.2, 0.25) is 0 Å². The third kappa shape index (κ3) is 3.56. The van der Waals surface area contributed by atoms with Gasteiger partial charge < -0.3 is 5.32 Å². The highest BCUT2D eigenvalue weighted by Gasteiger charge is 2.02. The van der Waals surface area contributed by atoms with Gasteiger partial charge in [-0.15, -0.1) is 0 Å². The molecule has 0 unspecified atom stereocenters. The van der Waals surface area contributed by atoms with Crippen LogP contribution in [-0.4, -0.2) is 6.54 Å². The van der Waals surface area contributed by atoms with Gasteiger partial charge in [0, 0.05) is 6.54 Å². The fraction of sp³-hybridized carbons (Fsp3) is 0.188. The van der Waals surface area contributed by atoms with E-state index in [-0.39, 0.29) is 5.82 Å². The molecular weight excluding hydrogens is 239 g/mol. The van der Waals surface area contributed by atoms with Gasteiger partial charge in [0.05, 0.1) is 11.3 Å². The van der Waals surface area contributed by atoms with E-state index in [0.717, 1.165) is 23.2 Å². The van der Waals surface area contributed by atoms with Crippen LogP contribution in [0.15, 0.2) is 42.5 Å². The van der Waals surface area contributed by atoms with Crippen molar-refractivity contribution in [3.05, 3.63) is 65.0 Å². The van der Waals surface area contributed by atoms with Gasteiger partial charge in [-0.3, -0.25) is 0 Å². The number of nitrogens with one attached hydrogen (secondary N) is 1. The molecule has 0 aromatic heterocycles. The molecule has 0 saturated carbocycles. The summed E-state index contributed by atoms with van der Waals surface area (Å²) in [6.07, 6.45) is 0.719. The van der Waals surface area contributed by atoms with E-state index in [4.69, 9.17) is 5.26 Å². The molecule has 0 aliphatic rings. The smallest absolute Gasteiger partial charge is 0.123 e. The Morgan fingerprint density at radius 1 is 1.21 bits per heavy atom. The number of halogens is 1. The normalized spacial score (nSPS) is 9.95. The van der Waals surface area contributed by atoms with Gasteiger partial charge in [-0.2, -0.15) is 5.26 Å². The number of rotatable bonds is 4. The summed E-state index contributed by atoms with van der Waals surface area (Å²) in [7, 11) is 0. The summed E-state index contributed by atoms with van der Waals surface area (Å²) in [4.78, 5) is 0. The van der Waals surface area contributed by atoms with Gasteiger partial charge in [0.1, 0.15) is 11.9 Å². The molecule has 2 nitrogen and oxygen atoms in total. The lowest BCUT2D eigenvalue weighted by molar-refractivity contribution is 0.625. The van der Waals surface area contributed by atoms with Gasteiger partial charge in [-0.1, -0.05) is 18.2 Å². The van der Waals surface area contributed by atoms with E-state index in [1.54, 1.807) is 6.07 Å². The first-order chi connectivity index (χ1) is 9.19. The predicted molar refractivity (Wildman–Crippen MR) is 74.5 cm³/mol. The first-order valence-electron chi connectivity index (χ1n) is 6.18. The SMILES string of the molecule is Cc1ccc(NCCc2cccc(F)c2)c(C#N)c1. The van der Waals surface area contributed by atoms with Gasteiger partial charge in [0.2, 0.25) is 0 Å². The molecule has 1 N–H and O–H groups in total. The summed E-state index contributed by atoms with van der Waals surface area (Å²) < 4.78 is 13.0. The molecule has 0 bridgehead atoms. The molecule has 0 amide bonds. The Bertz CT molecular complexity index is 614. The number of hydrogen-bond donors (Lipinski definition) is 1. The second-order valence-corrected chi connectivity index (χ2v) is 4.47. The quantitative estimate of drug-likeness (QED) is 0.903. The van der Waals surface area contributed by atoms with Crippen molar-refractivity contribution in [3.8, 4) is 6.07 Å². The minimum atomic E-state index is -0.217. The Kier molecular flexibility index (Phi) is 4.15. The van der Waals surface area contributed by atoms with Crippen LogP contribution in [-0.2, 0) is 6.42 Å². The molecule has 0 atom stereocenters. The second kappa shape index (κ2) is 6.01. The Labute approximate surface area is 112 Å². The molecule has 96 valence electrons. The van der Waals surface area contributed by atoms with Crippen molar-refractivity contribution in [2.24, 2.45) is 0 Å². The van der Waals surface area contributed by atoms with Crippen LogP contribution in [0.4, 0.5) is 10.1 Å². The number of hydrogen-bond acceptors (Lipinski definition) is 2. The molecular formula is C16H15FN2. The summed E-state index contributed by atoms with van der Waals surface area (Å²) in [5, 5.41) is 12.3. The standard InChI is InChI=1S/C16H15FN2/c1-12-5-6-16(14(9-12)11-18)19-8-7-13-3-2-4-15(17)10-13/h2-6,9-10,19H,7-8H2,1H3.